The molecule has 1 aromatic carbocycles. The van der Waals surface area contributed by atoms with Crippen LogP contribution in [0, 0.1) is 6.92 Å². The Kier molecular flexibility index (Phi) is 5.97. The van der Waals surface area contributed by atoms with Gasteiger partial charge in [0.25, 0.3) is 10.1 Å². The van der Waals surface area contributed by atoms with E-state index in [1.165, 1.54) is 6.07 Å². The molecule has 19 heavy (non-hydrogen) atoms. The van der Waals surface area contributed by atoms with Crippen LogP contribution in [0.4, 0.5) is 0 Å². The van der Waals surface area contributed by atoms with Gasteiger partial charge in [-0.3, -0.25) is 4.55 Å². The summed E-state index contributed by atoms with van der Waals surface area (Å²) in [6, 6.07) is 4.90. The third-order valence-corrected chi connectivity index (χ3v) is 3.86. The molecule has 0 saturated heterocycles. The molecule has 0 radical (unpaired) electrons. The highest BCUT2D eigenvalue weighted by atomic mass is 32.2. The quantitative estimate of drug-likeness (QED) is 0.618. The molecule has 0 aromatic heterocycles. The average molecular weight is 286 g/mol. The van der Waals surface area contributed by atoms with Crippen molar-refractivity contribution in [1.82, 2.24) is 0 Å². The Balaban J connectivity index is 2.84. The minimum Gasteiger partial charge on any atom is -0.378 e. The lowest BCUT2D eigenvalue weighted by atomic mass is 10.1. The second-order valence-electron chi connectivity index (χ2n) is 4.83. The maximum absolute atomic E-state index is 11.3. The molecular formula is C14H22O4S. The first kappa shape index (κ1) is 16.1. The summed E-state index contributed by atoms with van der Waals surface area (Å²) in [5.74, 6) is 0. The zero-order chi connectivity index (χ0) is 14.5. The van der Waals surface area contributed by atoms with Gasteiger partial charge in [0.15, 0.2) is 0 Å². The molecule has 1 rings (SSSR count). The third-order valence-electron chi connectivity index (χ3n) is 2.90. The predicted octanol–water partition coefficient (Wildman–Crippen LogP) is 2.99. The van der Waals surface area contributed by atoms with E-state index in [9.17, 15) is 13.0 Å². The topological polar surface area (TPSA) is 63.6 Å². The molecule has 0 heterocycles. The van der Waals surface area contributed by atoms with Crippen molar-refractivity contribution in [3.8, 4) is 0 Å². The van der Waals surface area contributed by atoms with Gasteiger partial charge in [0.2, 0.25) is 0 Å². The number of hydrogen-bond acceptors (Lipinski definition) is 3. The first-order valence-corrected chi connectivity index (χ1v) is 7.97. The molecule has 0 spiro atoms. The van der Waals surface area contributed by atoms with E-state index >= 15 is 0 Å². The first-order valence-electron chi connectivity index (χ1n) is 6.53. The molecule has 1 unspecified atom stereocenters. The van der Waals surface area contributed by atoms with E-state index in [0.717, 1.165) is 18.4 Å². The second-order valence-corrected chi connectivity index (χ2v) is 6.22. The van der Waals surface area contributed by atoms with Crippen LogP contribution in [0.3, 0.4) is 0 Å². The highest BCUT2D eigenvalue weighted by Crippen LogP contribution is 2.19. The Morgan fingerprint density at radius 2 is 2.05 bits per heavy atom. The van der Waals surface area contributed by atoms with Gasteiger partial charge >= 0.3 is 0 Å². The normalized spacial score (nSPS) is 13.5. The first-order chi connectivity index (χ1) is 8.84. The van der Waals surface area contributed by atoms with Crippen molar-refractivity contribution < 1.29 is 17.7 Å². The Morgan fingerprint density at radius 3 is 2.63 bits per heavy atom. The second kappa shape index (κ2) is 7.03. The van der Waals surface area contributed by atoms with E-state index < -0.39 is 10.1 Å². The average Bonchev–Trinajstić information content (AvgIpc) is 2.27. The van der Waals surface area contributed by atoms with Crippen LogP contribution in [0.25, 0.3) is 0 Å². The zero-order valence-corrected chi connectivity index (χ0v) is 12.5. The fraction of sp³-hybridized carbons (Fsp3) is 0.571. The van der Waals surface area contributed by atoms with Gasteiger partial charge in [-0.05, 0) is 38.3 Å². The van der Waals surface area contributed by atoms with Gasteiger partial charge in [-0.15, -0.1) is 0 Å². The summed E-state index contributed by atoms with van der Waals surface area (Å²) in [5.41, 5.74) is 1.56. The molecule has 0 aliphatic carbocycles. The van der Waals surface area contributed by atoms with Crippen molar-refractivity contribution in [2.45, 2.75) is 51.0 Å². The van der Waals surface area contributed by atoms with E-state index in [-0.39, 0.29) is 11.0 Å². The van der Waals surface area contributed by atoms with E-state index in [2.05, 4.69) is 6.92 Å². The Labute approximate surface area is 115 Å². The largest absolute Gasteiger partial charge is 0.378 e. The molecule has 1 atom stereocenters. The Bertz CT molecular complexity index is 508. The van der Waals surface area contributed by atoms with Crippen LogP contribution in [0.1, 0.15) is 37.8 Å². The predicted molar refractivity (Wildman–Crippen MR) is 75.0 cm³/mol. The van der Waals surface area contributed by atoms with Gasteiger partial charge in [-0.2, -0.15) is 8.42 Å². The van der Waals surface area contributed by atoms with Gasteiger partial charge < -0.3 is 4.74 Å². The molecule has 0 aliphatic heterocycles. The monoisotopic (exact) mass is 286 g/mol. The van der Waals surface area contributed by atoms with Crippen LogP contribution in [-0.2, 0) is 21.3 Å². The molecule has 0 bridgehead atoms. The van der Waals surface area contributed by atoms with Crippen LogP contribution in [0.5, 0.6) is 0 Å². The molecule has 0 amide bonds. The molecule has 0 aliphatic rings. The molecular weight excluding hydrogens is 264 g/mol. The van der Waals surface area contributed by atoms with Gasteiger partial charge in [0.05, 0.1) is 11.0 Å². The molecule has 5 heteroatoms. The Morgan fingerprint density at radius 1 is 1.37 bits per heavy atom. The highest BCUT2D eigenvalue weighted by molar-refractivity contribution is 7.85. The van der Waals surface area contributed by atoms with Crippen LogP contribution in [-0.4, -0.2) is 25.7 Å². The molecule has 0 fully saturated rings. The van der Waals surface area contributed by atoms with E-state index in [1.54, 1.807) is 12.1 Å². The molecule has 4 nitrogen and oxygen atoms in total. The number of hydrogen-bond donors (Lipinski definition) is 1. The van der Waals surface area contributed by atoms with Gasteiger partial charge in [0.1, 0.15) is 0 Å². The Hall–Kier alpha value is -0.910. The number of unbranched alkanes of at least 4 members (excludes halogenated alkanes) is 1. The minimum atomic E-state index is -4.18. The number of benzene rings is 1. The van der Waals surface area contributed by atoms with Crippen molar-refractivity contribution in [3.05, 3.63) is 29.3 Å². The lowest BCUT2D eigenvalue weighted by molar-refractivity contribution is 0.0640. The van der Waals surface area contributed by atoms with E-state index in [1.807, 2.05) is 13.8 Å². The summed E-state index contributed by atoms with van der Waals surface area (Å²) in [5, 5.41) is 0. The summed E-state index contributed by atoms with van der Waals surface area (Å²) >= 11 is 0. The summed E-state index contributed by atoms with van der Waals surface area (Å²) in [4.78, 5) is -0.0240. The van der Waals surface area contributed by atoms with E-state index in [4.69, 9.17) is 4.74 Å². The van der Waals surface area contributed by atoms with Crippen molar-refractivity contribution in [2.75, 3.05) is 6.61 Å². The van der Waals surface area contributed by atoms with Gasteiger partial charge in [-0.1, -0.05) is 31.0 Å². The van der Waals surface area contributed by atoms with Crippen LogP contribution >= 0.6 is 0 Å². The lowest BCUT2D eigenvalue weighted by Crippen LogP contribution is -2.15. The zero-order valence-electron chi connectivity index (χ0n) is 11.7. The SMILES string of the molecule is CCCCOC(C)Cc1cc(C)ccc1S(=O)(=O)O. The fourth-order valence-corrected chi connectivity index (χ4v) is 2.63. The summed E-state index contributed by atoms with van der Waals surface area (Å²) < 4.78 is 37.5. The fourth-order valence-electron chi connectivity index (χ4n) is 1.92. The van der Waals surface area contributed by atoms with Gasteiger partial charge in [-0.25, -0.2) is 0 Å². The number of ether oxygens (including phenoxy) is 1. The number of rotatable bonds is 7. The highest BCUT2D eigenvalue weighted by Gasteiger charge is 2.17. The van der Waals surface area contributed by atoms with Crippen molar-refractivity contribution in [2.24, 2.45) is 0 Å². The smallest absolute Gasteiger partial charge is 0.294 e. The van der Waals surface area contributed by atoms with Crippen LogP contribution in [0.2, 0.25) is 0 Å². The van der Waals surface area contributed by atoms with Crippen LogP contribution in [0.15, 0.2) is 23.1 Å². The van der Waals surface area contributed by atoms with Gasteiger partial charge in [0, 0.05) is 6.61 Å². The summed E-state index contributed by atoms with van der Waals surface area (Å²) in [6.45, 7) is 6.56. The minimum absolute atomic E-state index is 0.0240. The summed E-state index contributed by atoms with van der Waals surface area (Å²) in [7, 11) is -4.18. The third kappa shape index (κ3) is 5.30. The molecule has 108 valence electrons. The van der Waals surface area contributed by atoms with E-state index in [0.29, 0.717) is 18.6 Å². The maximum Gasteiger partial charge on any atom is 0.294 e. The molecule has 0 saturated carbocycles. The molecule has 1 aromatic rings. The van der Waals surface area contributed by atoms with Crippen LogP contribution < -0.4 is 0 Å². The molecule has 1 N–H and O–H groups in total. The number of aryl methyl sites for hydroxylation is 1. The van der Waals surface area contributed by atoms with Crippen molar-refractivity contribution in [3.63, 3.8) is 0 Å². The maximum atomic E-state index is 11.3. The van der Waals surface area contributed by atoms with Crippen molar-refractivity contribution in [1.29, 1.82) is 0 Å². The lowest BCUT2D eigenvalue weighted by Gasteiger charge is -2.15. The summed E-state index contributed by atoms with van der Waals surface area (Å²) in [6.07, 6.45) is 2.45. The standard InChI is InChI=1S/C14H22O4S/c1-4-5-8-18-12(3)10-13-9-11(2)6-7-14(13)19(15,16)17/h6-7,9,12H,4-5,8,10H2,1-3H3,(H,15,16,17). The van der Waals surface area contributed by atoms with Crippen molar-refractivity contribution >= 4 is 10.1 Å².